The van der Waals surface area contributed by atoms with Gasteiger partial charge in [-0.3, -0.25) is 4.90 Å². The number of hydrogen-bond acceptors (Lipinski definition) is 6. The highest BCUT2D eigenvalue weighted by Gasteiger charge is 2.19. The van der Waals surface area contributed by atoms with E-state index >= 15 is 0 Å². The van der Waals surface area contributed by atoms with Crippen LogP contribution in [0.15, 0.2) is 59.5 Å². The Morgan fingerprint density at radius 2 is 1.67 bits per heavy atom. The van der Waals surface area contributed by atoms with Crippen molar-refractivity contribution in [3.8, 4) is 11.5 Å². The Morgan fingerprint density at radius 3 is 2.42 bits per heavy atom. The molecule has 6 heteroatoms. The van der Waals surface area contributed by atoms with Crippen molar-refractivity contribution < 1.29 is 4.42 Å². The minimum atomic E-state index is 0.682. The van der Waals surface area contributed by atoms with Crippen LogP contribution >= 0.6 is 0 Å². The van der Waals surface area contributed by atoms with E-state index in [1.54, 1.807) is 18.7 Å². The summed E-state index contributed by atoms with van der Waals surface area (Å²) in [6.45, 7) is 4.58. The predicted octanol–water partition coefficient (Wildman–Crippen LogP) is 2.45. The van der Waals surface area contributed by atoms with Gasteiger partial charge >= 0.3 is 0 Å². The summed E-state index contributed by atoms with van der Waals surface area (Å²) < 4.78 is 5.61. The highest BCUT2D eigenvalue weighted by atomic mass is 16.3. The van der Waals surface area contributed by atoms with Crippen LogP contribution in [0.3, 0.4) is 0 Å². The van der Waals surface area contributed by atoms with Gasteiger partial charge in [0.1, 0.15) is 6.26 Å². The van der Waals surface area contributed by atoms with E-state index in [1.807, 2.05) is 36.4 Å². The van der Waals surface area contributed by atoms with Gasteiger partial charge in [0.25, 0.3) is 0 Å². The largest absolute Gasteiger partial charge is 0.444 e. The fourth-order valence-electron chi connectivity index (χ4n) is 2.88. The molecule has 3 heterocycles. The third kappa shape index (κ3) is 3.28. The fraction of sp³-hybridized carbons (Fsp3) is 0.278. The van der Waals surface area contributed by atoms with Crippen LogP contribution in [0.4, 0.5) is 5.95 Å². The zero-order valence-electron chi connectivity index (χ0n) is 13.4. The first-order valence-corrected chi connectivity index (χ1v) is 8.12. The summed E-state index contributed by atoms with van der Waals surface area (Å²) in [5.41, 5.74) is 1.98. The first-order valence-electron chi connectivity index (χ1n) is 8.12. The van der Waals surface area contributed by atoms with Crippen LogP contribution in [-0.2, 0) is 6.54 Å². The Morgan fingerprint density at radius 1 is 0.917 bits per heavy atom. The summed E-state index contributed by atoms with van der Waals surface area (Å²) in [4.78, 5) is 17.8. The molecular formula is C18H19N5O. The van der Waals surface area contributed by atoms with Crippen LogP contribution in [-0.4, -0.2) is 46.0 Å². The van der Waals surface area contributed by atoms with E-state index in [0.717, 1.165) is 49.9 Å². The molecule has 122 valence electrons. The fourth-order valence-corrected chi connectivity index (χ4v) is 2.88. The van der Waals surface area contributed by atoms with Crippen LogP contribution in [0.2, 0.25) is 0 Å². The van der Waals surface area contributed by atoms with Gasteiger partial charge < -0.3 is 9.32 Å². The van der Waals surface area contributed by atoms with Crippen molar-refractivity contribution in [2.75, 3.05) is 31.1 Å². The third-order valence-corrected chi connectivity index (χ3v) is 4.17. The van der Waals surface area contributed by atoms with E-state index in [0.29, 0.717) is 5.89 Å². The molecular weight excluding hydrogens is 302 g/mol. The monoisotopic (exact) mass is 321 g/mol. The summed E-state index contributed by atoms with van der Waals surface area (Å²) in [6, 6.07) is 11.8. The molecule has 0 radical (unpaired) electrons. The van der Waals surface area contributed by atoms with Gasteiger partial charge in [0.15, 0.2) is 0 Å². The van der Waals surface area contributed by atoms with Gasteiger partial charge in [-0.05, 0) is 18.2 Å². The lowest BCUT2D eigenvalue weighted by atomic mass is 10.2. The van der Waals surface area contributed by atoms with Crippen molar-refractivity contribution in [1.29, 1.82) is 0 Å². The first kappa shape index (κ1) is 14.8. The normalized spacial score (nSPS) is 15.6. The molecule has 1 aliphatic heterocycles. The molecule has 0 spiro atoms. The third-order valence-electron chi connectivity index (χ3n) is 4.17. The zero-order chi connectivity index (χ0) is 16.2. The summed E-state index contributed by atoms with van der Waals surface area (Å²) in [5, 5.41) is 0. The summed E-state index contributed by atoms with van der Waals surface area (Å²) >= 11 is 0. The second-order valence-corrected chi connectivity index (χ2v) is 5.82. The molecule has 0 aliphatic carbocycles. The second kappa shape index (κ2) is 6.80. The van der Waals surface area contributed by atoms with Gasteiger partial charge in [-0.15, -0.1) is 0 Å². The lowest BCUT2D eigenvalue weighted by molar-refractivity contribution is 0.246. The molecule has 3 aromatic rings. The maximum atomic E-state index is 5.61. The number of hydrogen-bond donors (Lipinski definition) is 0. The quantitative estimate of drug-likeness (QED) is 0.736. The van der Waals surface area contributed by atoms with E-state index in [2.05, 4.69) is 24.8 Å². The lowest BCUT2D eigenvalue weighted by Gasteiger charge is -2.34. The van der Waals surface area contributed by atoms with Gasteiger partial charge in [0, 0.05) is 50.7 Å². The SMILES string of the molecule is c1ccc(-c2nc(CN3CCN(c4ncccn4)CC3)co2)cc1. The van der Waals surface area contributed by atoms with E-state index in [9.17, 15) is 0 Å². The maximum absolute atomic E-state index is 5.61. The van der Waals surface area contributed by atoms with E-state index < -0.39 is 0 Å². The molecule has 4 rings (SSSR count). The summed E-state index contributed by atoms with van der Waals surface area (Å²) in [6.07, 6.45) is 5.33. The van der Waals surface area contributed by atoms with Gasteiger partial charge in [-0.25, -0.2) is 15.0 Å². The van der Waals surface area contributed by atoms with E-state index in [4.69, 9.17) is 4.42 Å². The Hall–Kier alpha value is -2.73. The van der Waals surface area contributed by atoms with Crippen LogP contribution in [0.25, 0.3) is 11.5 Å². The molecule has 0 bridgehead atoms. The van der Waals surface area contributed by atoms with Crippen LogP contribution in [0.5, 0.6) is 0 Å². The minimum absolute atomic E-state index is 0.682. The smallest absolute Gasteiger partial charge is 0.226 e. The molecule has 0 unspecified atom stereocenters. The number of nitrogens with zero attached hydrogens (tertiary/aromatic N) is 5. The second-order valence-electron chi connectivity index (χ2n) is 5.82. The van der Waals surface area contributed by atoms with Crippen LogP contribution in [0.1, 0.15) is 5.69 Å². The molecule has 2 aromatic heterocycles. The Kier molecular flexibility index (Phi) is 4.20. The van der Waals surface area contributed by atoms with Gasteiger partial charge in [0.2, 0.25) is 11.8 Å². The van der Waals surface area contributed by atoms with Crippen molar-refractivity contribution >= 4 is 5.95 Å². The number of rotatable bonds is 4. The Bertz CT molecular complexity index is 766. The van der Waals surface area contributed by atoms with Crippen LogP contribution in [0, 0.1) is 0 Å². The maximum Gasteiger partial charge on any atom is 0.226 e. The molecule has 1 aliphatic rings. The average Bonchev–Trinajstić information content (AvgIpc) is 3.12. The number of benzene rings is 1. The molecule has 1 saturated heterocycles. The highest BCUT2D eigenvalue weighted by Crippen LogP contribution is 2.19. The number of anilines is 1. The molecule has 0 amide bonds. The molecule has 0 N–H and O–H groups in total. The standard InChI is InChI=1S/C18H19N5O/c1-2-5-15(6-3-1)17-21-16(14-24-17)13-22-9-11-23(12-10-22)18-19-7-4-8-20-18/h1-8,14H,9-13H2. The molecule has 1 aromatic carbocycles. The molecule has 0 atom stereocenters. The minimum Gasteiger partial charge on any atom is -0.444 e. The molecule has 6 nitrogen and oxygen atoms in total. The van der Waals surface area contributed by atoms with Gasteiger partial charge in [0.05, 0.1) is 5.69 Å². The number of aromatic nitrogens is 3. The van der Waals surface area contributed by atoms with Crippen molar-refractivity contribution in [1.82, 2.24) is 19.9 Å². The lowest BCUT2D eigenvalue weighted by Crippen LogP contribution is -2.46. The summed E-state index contributed by atoms with van der Waals surface area (Å²) in [5.74, 6) is 1.49. The van der Waals surface area contributed by atoms with Crippen molar-refractivity contribution in [2.24, 2.45) is 0 Å². The topological polar surface area (TPSA) is 58.3 Å². The Balaban J connectivity index is 1.35. The molecule has 0 saturated carbocycles. The number of oxazole rings is 1. The molecule has 24 heavy (non-hydrogen) atoms. The highest BCUT2D eigenvalue weighted by molar-refractivity contribution is 5.52. The van der Waals surface area contributed by atoms with Gasteiger partial charge in [-0.2, -0.15) is 0 Å². The van der Waals surface area contributed by atoms with Crippen molar-refractivity contribution in [3.05, 3.63) is 60.7 Å². The van der Waals surface area contributed by atoms with E-state index in [1.165, 1.54) is 0 Å². The predicted molar refractivity (Wildman–Crippen MR) is 91.5 cm³/mol. The van der Waals surface area contributed by atoms with E-state index in [-0.39, 0.29) is 0 Å². The van der Waals surface area contributed by atoms with Crippen LogP contribution < -0.4 is 4.90 Å². The molecule has 1 fully saturated rings. The Labute approximate surface area is 140 Å². The van der Waals surface area contributed by atoms with Gasteiger partial charge in [-0.1, -0.05) is 18.2 Å². The zero-order valence-corrected chi connectivity index (χ0v) is 13.4. The number of piperazine rings is 1. The first-order chi connectivity index (χ1) is 11.9. The average molecular weight is 321 g/mol. The van der Waals surface area contributed by atoms with Crippen molar-refractivity contribution in [3.63, 3.8) is 0 Å². The van der Waals surface area contributed by atoms with Crippen molar-refractivity contribution in [2.45, 2.75) is 6.54 Å². The summed E-state index contributed by atoms with van der Waals surface area (Å²) in [7, 11) is 0.